The molecule has 0 spiro atoms. The first-order chi connectivity index (χ1) is 8.25. The van der Waals surface area contributed by atoms with Crippen molar-refractivity contribution in [2.75, 3.05) is 19.3 Å². The molecule has 0 saturated carbocycles. The van der Waals surface area contributed by atoms with E-state index in [0.29, 0.717) is 0 Å². The molecule has 1 aromatic carbocycles. The van der Waals surface area contributed by atoms with Gasteiger partial charge in [-0.3, -0.25) is 0 Å². The normalized spacial score (nSPS) is 13.8. The molecule has 1 atom stereocenters. The van der Waals surface area contributed by atoms with Crippen molar-refractivity contribution in [2.45, 2.75) is 24.3 Å². The van der Waals surface area contributed by atoms with Crippen LogP contribution in [0.5, 0.6) is 0 Å². The average molecular weight is 276 g/mol. The Morgan fingerprint density at radius 3 is 2.67 bits per heavy atom. The maximum atomic E-state index is 13.5. The lowest BCUT2D eigenvalue weighted by atomic mass is 10.3. The number of nitrogen functional groups attached to an aromatic ring is 1. The van der Waals surface area contributed by atoms with Crippen LogP contribution in [0.3, 0.4) is 0 Å². The van der Waals surface area contributed by atoms with Gasteiger partial charge < -0.3 is 10.8 Å². The molecule has 18 heavy (non-hydrogen) atoms. The van der Waals surface area contributed by atoms with Crippen LogP contribution in [0.4, 0.5) is 10.1 Å². The monoisotopic (exact) mass is 276 g/mol. The largest absolute Gasteiger partial charge is 0.399 e. The predicted octanol–water partition coefficient (Wildman–Crippen LogP) is 0.799. The zero-order chi connectivity index (χ0) is 13.9. The fourth-order valence-electron chi connectivity index (χ4n) is 1.37. The van der Waals surface area contributed by atoms with Gasteiger partial charge in [-0.2, -0.15) is 0 Å². The molecular weight excluding hydrogens is 259 g/mol. The Morgan fingerprint density at radius 1 is 1.50 bits per heavy atom. The summed E-state index contributed by atoms with van der Waals surface area (Å²) in [5.41, 5.74) is 5.64. The fourth-order valence-corrected chi connectivity index (χ4v) is 2.66. The summed E-state index contributed by atoms with van der Waals surface area (Å²) in [6.07, 6.45) is -0.340. The highest BCUT2D eigenvalue weighted by molar-refractivity contribution is 7.89. The summed E-state index contributed by atoms with van der Waals surface area (Å²) in [5.74, 6) is -0.840. The number of nitrogens with two attached hydrogens (primary N) is 1. The molecular formula is C11H17FN2O3S. The van der Waals surface area contributed by atoms with Crippen LogP contribution in [0, 0.1) is 5.82 Å². The van der Waals surface area contributed by atoms with Crippen LogP contribution in [-0.2, 0) is 10.0 Å². The topological polar surface area (TPSA) is 83.6 Å². The smallest absolute Gasteiger partial charge is 0.245 e. The standard InChI is InChI=1S/C11H17FN2O3S/c1-8(15)5-6-14(2)18(16,17)11-7-9(13)3-4-10(11)12/h3-4,7-8,15H,5-6,13H2,1-2H3. The molecule has 0 aliphatic carbocycles. The summed E-state index contributed by atoms with van der Waals surface area (Å²) in [7, 11) is -2.59. The van der Waals surface area contributed by atoms with E-state index >= 15 is 0 Å². The molecule has 0 heterocycles. The Bertz CT molecular complexity index is 517. The Morgan fingerprint density at radius 2 is 2.11 bits per heavy atom. The van der Waals surface area contributed by atoms with Gasteiger partial charge in [-0.1, -0.05) is 0 Å². The number of halogens is 1. The van der Waals surface area contributed by atoms with Crippen molar-refractivity contribution in [3.05, 3.63) is 24.0 Å². The number of benzene rings is 1. The first kappa shape index (κ1) is 14.9. The van der Waals surface area contributed by atoms with Crippen molar-refractivity contribution in [2.24, 2.45) is 0 Å². The third kappa shape index (κ3) is 3.41. The number of hydrogen-bond donors (Lipinski definition) is 2. The summed E-state index contributed by atoms with van der Waals surface area (Å²) in [6, 6.07) is 3.40. The number of rotatable bonds is 5. The van der Waals surface area contributed by atoms with Gasteiger partial charge in [-0.25, -0.2) is 17.1 Å². The second kappa shape index (κ2) is 5.64. The highest BCUT2D eigenvalue weighted by atomic mass is 32.2. The van der Waals surface area contributed by atoms with Crippen molar-refractivity contribution in [1.29, 1.82) is 0 Å². The van der Waals surface area contributed by atoms with Crippen LogP contribution in [0.2, 0.25) is 0 Å². The number of nitrogens with zero attached hydrogens (tertiary/aromatic N) is 1. The van der Waals surface area contributed by atoms with Crippen molar-refractivity contribution < 1.29 is 17.9 Å². The molecule has 1 unspecified atom stereocenters. The molecule has 0 saturated heterocycles. The molecule has 7 heteroatoms. The fraction of sp³-hybridized carbons (Fsp3) is 0.455. The second-order valence-electron chi connectivity index (χ2n) is 4.15. The lowest BCUT2D eigenvalue weighted by Gasteiger charge is -2.18. The van der Waals surface area contributed by atoms with Gasteiger partial charge in [-0.15, -0.1) is 0 Å². The number of anilines is 1. The van der Waals surface area contributed by atoms with Crippen molar-refractivity contribution in [1.82, 2.24) is 4.31 Å². The van der Waals surface area contributed by atoms with E-state index in [9.17, 15) is 12.8 Å². The van der Waals surface area contributed by atoms with Gasteiger partial charge in [0.2, 0.25) is 10.0 Å². The number of aliphatic hydroxyl groups is 1. The van der Waals surface area contributed by atoms with E-state index in [1.165, 1.54) is 13.1 Å². The molecule has 0 radical (unpaired) electrons. The highest BCUT2D eigenvalue weighted by Gasteiger charge is 2.24. The maximum Gasteiger partial charge on any atom is 0.245 e. The maximum absolute atomic E-state index is 13.5. The molecule has 3 N–H and O–H groups in total. The first-order valence-electron chi connectivity index (χ1n) is 5.44. The minimum Gasteiger partial charge on any atom is -0.399 e. The molecule has 0 fully saturated rings. The third-order valence-corrected chi connectivity index (χ3v) is 4.38. The Labute approximate surface area is 106 Å². The van der Waals surface area contributed by atoms with Crippen LogP contribution in [0.25, 0.3) is 0 Å². The zero-order valence-electron chi connectivity index (χ0n) is 10.3. The van der Waals surface area contributed by atoms with E-state index < -0.39 is 26.8 Å². The minimum absolute atomic E-state index is 0.105. The molecule has 0 aliphatic heterocycles. The molecule has 1 aromatic rings. The van der Waals surface area contributed by atoms with Gasteiger partial charge in [0.25, 0.3) is 0 Å². The van der Waals surface area contributed by atoms with Crippen LogP contribution >= 0.6 is 0 Å². The summed E-state index contributed by atoms with van der Waals surface area (Å²) in [4.78, 5) is -0.449. The Kier molecular flexibility index (Phi) is 4.66. The zero-order valence-corrected chi connectivity index (χ0v) is 11.1. The third-order valence-electron chi connectivity index (χ3n) is 2.51. The molecule has 0 bridgehead atoms. The summed E-state index contributed by atoms with van der Waals surface area (Å²) < 4.78 is 38.6. The number of aliphatic hydroxyl groups excluding tert-OH is 1. The molecule has 0 aliphatic rings. The van der Waals surface area contributed by atoms with E-state index in [1.807, 2.05) is 0 Å². The molecule has 1 rings (SSSR count). The summed E-state index contributed by atoms with van der Waals surface area (Å²) in [5, 5.41) is 9.12. The lowest BCUT2D eigenvalue weighted by molar-refractivity contribution is 0.177. The van der Waals surface area contributed by atoms with Crippen molar-refractivity contribution in [3.63, 3.8) is 0 Å². The van der Waals surface area contributed by atoms with Gasteiger partial charge in [0.15, 0.2) is 0 Å². The van der Waals surface area contributed by atoms with Crippen LogP contribution in [0.1, 0.15) is 13.3 Å². The lowest BCUT2D eigenvalue weighted by Crippen LogP contribution is -2.30. The van der Waals surface area contributed by atoms with Gasteiger partial charge in [0.05, 0.1) is 6.10 Å². The summed E-state index contributed by atoms with van der Waals surface area (Å²) in [6.45, 7) is 1.66. The summed E-state index contributed by atoms with van der Waals surface area (Å²) >= 11 is 0. The predicted molar refractivity (Wildman–Crippen MR) is 66.9 cm³/mol. The SMILES string of the molecule is CC(O)CCN(C)S(=O)(=O)c1cc(N)ccc1F. The quantitative estimate of drug-likeness (QED) is 0.779. The molecule has 0 amide bonds. The van der Waals surface area contributed by atoms with Gasteiger partial charge in [0, 0.05) is 19.3 Å². The molecule has 102 valence electrons. The average Bonchev–Trinajstić information content (AvgIpc) is 2.28. The van der Waals surface area contributed by atoms with Crippen molar-refractivity contribution in [3.8, 4) is 0 Å². The second-order valence-corrected chi connectivity index (χ2v) is 6.17. The van der Waals surface area contributed by atoms with E-state index in [1.54, 1.807) is 6.92 Å². The van der Waals surface area contributed by atoms with E-state index in [4.69, 9.17) is 10.8 Å². The van der Waals surface area contributed by atoms with E-state index in [2.05, 4.69) is 0 Å². The van der Waals surface area contributed by atoms with Crippen molar-refractivity contribution >= 4 is 15.7 Å². The Balaban J connectivity index is 3.02. The highest BCUT2D eigenvalue weighted by Crippen LogP contribution is 2.21. The minimum atomic E-state index is -3.92. The Hall–Kier alpha value is -1.18. The van der Waals surface area contributed by atoms with E-state index in [-0.39, 0.29) is 18.7 Å². The van der Waals surface area contributed by atoms with Gasteiger partial charge in [-0.05, 0) is 31.5 Å². The molecule has 5 nitrogen and oxygen atoms in total. The van der Waals surface area contributed by atoms with Crippen LogP contribution in [0.15, 0.2) is 23.1 Å². The van der Waals surface area contributed by atoms with Gasteiger partial charge >= 0.3 is 0 Å². The van der Waals surface area contributed by atoms with Crippen LogP contribution in [-0.4, -0.2) is 37.5 Å². The van der Waals surface area contributed by atoms with E-state index in [0.717, 1.165) is 16.4 Å². The first-order valence-corrected chi connectivity index (χ1v) is 6.88. The number of sulfonamides is 1. The number of hydrogen-bond acceptors (Lipinski definition) is 4. The molecule has 0 aromatic heterocycles. The van der Waals surface area contributed by atoms with Gasteiger partial charge in [0.1, 0.15) is 10.7 Å². The van der Waals surface area contributed by atoms with Crippen LogP contribution < -0.4 is 5.73 Å².